The number of fused-ring (bicyclic) bond motifs is 1. The Morgan fingerprint density at radius 1 is 1.27 bits per heavy atom. The number of nitrogens with one attached hydrogen (secondary N) is 1. The molecule has 0 spiro atoms. The lowest BCUT2D eigenvalue weighted by atomic mass is 10.0. The number of carbonyl (C=O) groups is 3. The van der Waals surface area contributed by atoms with Crippen LogP contribution in [0.2, 0.25) is 0 Å². The molecule has 22 heavy (non-hydrogen) atoms. The number of benzene rings is 2. The van der Waals surface area contributed by atoms with Crippen molar-refractivity contribution in [1.29, 1.82) is 0 Å². The average Bonchev–Trinajstić information content (AvgIpc) is 2.98. The van der Waals surface area contributed by atoms with Gasteiger partial charge in [0.05, 0.1) is 5.56 Å². The largest absolute Gasteiger partial charge is 0.483 e. The van der Waals surface area contributed by atoms with E-state index in [0.29, 0.717) is 30.7 Å². The summed E-state index contributed by atoms with van der Waals surface area (Å²) in [5, 5.41) is 4.23. The van der Waals surface area contributed by atoms with E-state index in [0.717, 1.165) is 15.7 Å². The molecule has 0 saturated carbocycles. The third kappa shape index (κ3) is 2.50. The quantitative estimate of drug-likeness (QED) is 0.870. The van der Waals surface area contributed by atoms with E-state index in [1.54, 1.807) is 6.07 Å². The number of ether oxygens (including phenoxy) is 1. The molecule has 0 bridgehead atoms. The molecule has 6 nitrogen and oxygen atoms in total. The van der Waals surface area contributed by atoms with E-state index in [2.05, 4.69) is 5.32 Å². The van der Waals surface area contributed by atoms with E-state index >= 15 is 0 Å². The highest BCUT2D eigenvalue weighted by molar-refractivity contribution is 6.01. The third-order valence-corrected chi connectivity index (χ3v) is 3.56. The van der Waals surface area contributed by atoms with Gasteiger partial charge < -0.3 is 10.1 Å². The summed E-state index contributed by atoms with van der Waals surface area (Å²) < 4.78 is 5.46. The molecule has 2 aromatic carbocycles. The lowest BCUT2D eigenvalue weighted by molar-refractivity contribution is -0.129. The fourth-order valence-corrected chi connectivity index (χ4v) is 2.45. The minimum Gasteiger partial charge on any atom is -0.483 e. The molecule has 1 aliphatic heterocycles. The normalized spacial score (nSPS) is 14.0. The molecule has 0 aromatic heterocycles. The molecule has 1 N–H and O–H groups in total. The van der Waals surface area contributed by atoms with Crippen molar-refractivity contribution >= 4 is 29.0 Å². The Labute approximate surface area is 126 Å². The summed E-state index contributed by atoms with van der Waals surface area (Å²) in [4.78, 5) is 35.8. The molecule has 112 valence electrons. The van der Waals surface area contributed by atoms with Gasteiger partial charge in [0.2, 0.25) is 0 Å². The minimum absolute atomic E-state index is 0.285. The van der Waals surface area contributed by atoms with Gasteiger partial charge in [-0.3, -0.25) is 14.5 Å². The predicted molar refractivity (Wildman–Crippen MR) is 79.9 cm³/mol. The summed E-state index contributed by atoms with van der Waals surface area (Å²) in [7, 11) is 0. The Morgan fingerprint density at radius 2 is 2.09 bits per heavy atom. The summed E-state index contributed by atoms with van der Waals surface area (Å²) in [6.45, 7) is 0.492. The number of amides is 3. The Bertz CT molecular complexity index is 757. The maximum atomic E-state index is 11.9. The van der Waals surface area contributed by atoms with Gasteiger partial charge in [0.1, 0.15) is 5.75 Å². The van der Waals surface area contributed by atoms with Crippen LogP contribution < -0.4 is 10.1 Å². The van der Waals surface area contributed by atoms with Crippen molar-refractivity contribution in [1.82, 2.24) is 10.2 Å². The fraction of sp³-hybridized carbons (Fsp3) is 0.188. The van der Waals surface area contributed by atoms with Crippen molar-refractivity contribution in [2.24, 2.45) is 0 Å². The van der Waals surface area contributed by atoms with Crippen LogP contribution in [0.15, 0.2) is 36.4 Å². The van der Waals surface area contributed by atoms with Gasteiger partial charge in [-0.2, -0.15) is 0 Å². The van der Waals surface area contributed by atoms with Crippen LogP contribution in [0.3, 0.4) is 0 Å². The van der Waals surface area contributed by atoms with Crippen LogP contribution in [0, 0.1) is 0 Å². The molecular formula is C16H14N2O4. The van der Waals surface area contributed by atoms with Crippen LogP contribution in [0.25, 0.3) is 10.8 Å². The van der Waals surface area contributed by atoms with Crippen LogP contribution in [0.5, 0.6) is 5.75 Å². The van der Waals surface area contributed by atoms with Crippen molar-refractivity contribution in [2.45, 2.75) is 0 Å². The van der Waals surface area contributed by atoms with Gasteiger partial charge in [-0.15, -0.1) is 0 Å². The highest BCUT2D eigenvalue weighted by atomic mass is 16.5. The molecule has 0 atom stereocenters. The Hall–Kier alpha value is -2.89. The van der Waals surface area contributed by atoms with Gasteiger partial charge in [-0.25, -0.2) is 4.79 Å². The first kappa shape index (κ1) is 14.1. The van der Waals surface area contributed by atoms with E-state index in [1.807, 2.05) is 30.3 Å². The molecule has 1 saturated heterocycles. The molecule has 6 heteroatoms. The second-order valence-corrected chi connectivity index (χ2v) is 4.88. The first-order chi connectivity index (χ1) is 10.7. The average molecular weight is 298 g/mol. The Balaban J connectivity index is 1.80. The van der Waals surface area contributed by atoms with Crippen LogP contribution in [0.1, 0.15) is 10.4 Å². The number of hydrogen-bond acceptors (Lipinski definition) is 4. The second-order valence-electron chi connectivity index (χ2n) is 4.88. The summed E-state index contributed by atoms with van der Waals surface area (Å²) in [5.74, 6) is -0.0957. The zero-order valence-electron chi connectivity index (χ0n) is 11.7. The Kier molecular flexibility index (Phi) is 3.74. The summed E-state index contributed by atoms with van der Waals surface area (Å²) >= 11 is 0. The molecule has 2 aromatic rings. The number of carbonyl (C=O) groups excluding carboxylic acids is 3. The van der Waals surface area contributed by atoms with Crippen molar-refractivity contribution in [2.75, 3.05) is 19.7 Å². The fourth-order valence-electron chi connectivity index (χ4n) is 2.45. The first-order valence-electron chi connectivity index (χ1n) is 6.88. The van der Waals surface area contributed by atoms with E-state index in [9.17, 15) is 14.4 Å². The Morgan fingerprint density at radius 3 is 2.82 bits per heavy atom. The van der Waals surface area contributed by atoms with Crippen molar-refractivity contribution in [3.63, 3.8) is 0 Å². The van der Waals surface area contributed by atoms with Crippen LogP contribution in [-0.4, -0.2) is 42.8 Å². The first-order valence-corrected chi connectivity index (χ1v) is 6.88. The number of urea groups is 1. The molecule has 0 unspecified atom stereocenters. The smallest absolute Gasteiger partial charge is 0.324 e. The maximum Gasteiger partial charge on any atom is 0.324 e. The molecule has 0 radical (unpaired) electrons. The molecule has 1 heterocycles. The van der Waals surface area contributed by atoms with Gasteiger partial charge >= 0.3 is 6.03 Å². The lowest BCUT2D eigenvalue weighted by Gasteiger charge is -2.14. The molecule has 1 fully saturated rings. The number of hydrogen-bond donors (Lipinski definition) is 1. The third-order valence-electron chi connectivity index (χ3n) is 3.56. The lowest BCUT2D eigenvalue weighted by Crippen LogP contribution is -2.37. The SMILES string of the molecule is O=Cc1c(OCC(=O)N2CCNC2=O)ccc2ccccc12. The second kappa shape index (κ2) is 5.85. The van der Waals surface area contributed by atoms with Crippen molar-refractivity contribution in [3.8, 4) is 5.75 Å². The van der Waals surface area contributed by atoms with E-state index < -0.39 is 11.9 Å². The summed E-state index contributed by atoms with van der Waals surface area (Å²) in [5.41, 5.74) is 0.400. The topological polar surface area (TPSA) is 75.7 Å². The molecular weight excluding hydrogens is 284 g/mol. The number of imide groups is 1. The van der Waals surface area contributed by atoms with Gasteiger partial charge in [0.25, 0.3) is 5.91 Å². The minimum atomic E-state index is -0.431. The van der Waals surface area contributed by atoms with E-state index in [1.165, 1.54) is 0 Å². The van der Waals surface area contributed by atoms with Crippen LogP contribution >= 0.6 is 0 Å². The predicted octanol–water partition coefficient (Wildman–Crippen LogP) is 1.58. The van der Waals surface area contributed by atoms with Gasteiger partial charge in [0.15, 0.2) is 12.9 Å². The molecule has 3 amide bonds. The summed E-state index contributed by atoms with van der Waals surface area (Å²) in [6.07, 6.45) is 0.713. The summed E-state index contributed by atoms with van der Waals surface area (Å²) in [6, 6.07) is 10.5. The number of rotatable bonds is 4. The van der Waals surface area contributed by atoms with Gasteiger partial charge in [-0.05, 0) is 16.8 Å². The van der Waals surface area contributed by atoms with Crippen molar-refractivity contribution in [3.05, 3.63) is 42.0 Å². The van der Waals surface area contributed by atoms with Crippen molar-refractivity contribution < 1.29 is 19.1 Å². The van der Waals surface area contributed by atoms with Crippen LogP contribution in [0.4, 0.5) is 4.79 Å². The zero-order valence-corrected chi connectivity index (χ0v) is 11.7. The van der Waals surface area contributed by atoms with E-state index in [4.69, 9.17) is 4.74 Å². The van der Waals surface area contributed by atoms with E-state index in [-0.39, 0.29) is 6.61 Å². The number of aldehydes is 1. The molecule has 3 rings (SSSR count). The molecule has 1 aliphatic rings. The van der Waals surface area contributed by atoms with Gasteiger partial charge in [0, 0.05) is 13.1 Å². The highest BCUT2D eigenvalue weighted by Gasteiger charge is 2.26. The number of nitrogens with zero attached hydrogens (tertiary/aromatic N) is 1. The van der Waals surface area contributed by atoms with Crippen LogP contribution in [-0.2, 0) is 4.79 Å². The highest BCUT2D eigenvalue weighted by Crippen LogP contribution is 2.26. The van der Waals surface area contributed by atoms with Gasteiger partial charge in [-0.1, -0.05) is 30.3 Å². The monoisotopic (exact) mass is 298 g/mol. The maximum absolute atomic E-state index is 11.9. The molecule has 0 aliphatic carbocycles. The zero-order chi connectivity index (χ0) is 15.5. The standard InChI is InChI=1S/C16H14N2O4/c19-9-13-12-4-2-1-3-11(12)5-6-14(13)22-10-15(20)18-8-7-17-16(18)21/h1-6,9H,7-8,10H2,(H,17,21).